The molecule has 0 amide bonds. The summed E-state index contributed by atoms with van der Waals surface area (Å²) in [6.07, 6.45) is 1.02. The maximum absolute atomic E-state index is 5.74. The van der Waals surface area contributed by atoms with E-state index in [1.165, 1.54) is 0 Å². The number of halogens is 1. The summed E-state index contributed by atoms with van der Waals surface area (Å²) in [6, 6.07) is 7.76. The normalized spacial score (nSPS) is 22.8. The second-order valence-electron chi connectivity index (χ2n) is 4.07. The molecule has 5 heteroatoms. The van der Waals surface area contributed by atoms with E-state index in [9.17, 15) is 0 Å². The van der Waals surface area contributed by atoms with Crippen LogP contribution >= 0.6 is 11.6 Å². The Labute approximate surface area is 109 Å². The molecule has 0 N–H and O–H groups in total. The van der Waals surface area contributed by atoms with Gasteiger partial charge in [0.05, 0.1) is 6.20 Å². The van der Waals surface area contributed by atoms with Crippen molar-refractivity contribution < 1.29 is 13.9 Å². The minimum atomic E-state index is -0.427. The van der Waals surface area contributed by atoms with Crippen molar-refractivity contribution in [2.24, 2.45) is 0 Å². The molecule has 94 valence electrons. The van der Waals surface area contributed by atoms with Gasteiger partial charge in [-0.3, -0.25) is 0 Å². The van der Waals surface area contributed by atoms with E-state index in [0.717, 1.165) is 11.1 Å². The van der Waals surface area contributed by atoms with Crippen molar-refractivity contribution in [3.05, 3.63) is 41.8 Å². The number of rotatable bonds is 3. The van der Waals surface area contributed by atoms with Crippen molar-refractivity contribution in [1.82, 2.24) is 4.98 Å². The molecule has 3 rings (SSSR count). The van der Waals surface area contributed by atoms with Gasteiger partial charge in [0.2, 0.25) is 12.2 Å². The van der Waals surface area contributed by atoms with Crippen LogP contribution in [-0.2, 0) is 15.4 Å². The Kier molecular flexibility index (Phi) is 3.07. The van der Waals surface area contributed by atoms with Crippen LogP contribution in [0.3, 0.4) is 0 Å². The number of hydrogen-bond acceptors (Lipinski definition) is 4. The van der Waals surface area contributed by atoms with Gasteiger partial charge in [-0.1, -0.05) is 12.1 Å². The molecule has 0 saturated carbocycles. The van der Waals surface area contributed by atoms with Crippen molar-refractivity contribution in [1.29, 1.82) is 0 Å². The van der Waals surface area contributed by atoms with E-state index in [1.807, 2.05) is 31.2 Å². The van der Waals surface area contributed by atoms with Crippen LogP contribution in [0.25, 0.3) is 11.5 Å². The summed E-state index contributed by atoms with van der Waals surface area (Å²) in [5.74, 6) is 1.64. The van der Waals surface area contributed by atoms with Crippen LogP contribution < -0.4 is 0 Å². The van der Waals surface area contributed by atoms with Gasteiger partial charge in [-0.2, -0.15) is 0 Å². The van der Waals surface area contributed by atoms with Crippen molar-refractivity contribution >= 4 is 11.6 Å². The summed E-state index contributed by atoms with van der Waals surface area (Å²) >= 11 is 5.74. The highest BCUT2D eigenvalue weighted by atomic mass is 35.5. The van der Waals surface area contributed by atoms with Crippen LogP contribution in [0.2, 0.25) is 0 Å². The predicted molar refractivity (Wildman–Crippen MR) is 65.9 cm³/mol. The molecule has 0 aliphatic carbocycles. The lowest BCUT2D eigenvalue weighted by atomic mass is 10.1. The van der Waals surface area contributed by atoms with Crippen LogP contribution in [-0.4, -0.2) is 11.3 Å². The highest BCUT2D eigenvalue weighted by Gasteiger charge is 2.31. The Morgan fingerprint density at radius 3 is 2.56 bits per heavy atom. The first-order valence-electron chi connectivity index (χ1n) is 5.68. The minimum Gasteiger partial charge on any atom is -0.436 e. The fraction of sp³-hybridized carbons (Fsp3) is 0.308. The van der Waals surface area contributed by atoms with Gasteiger partial charge in [-0.05, 0) is 24.6 Å². The smallest absolute Gasteiger partial charge is 0.226 e. The van der Waals surface area contributed by atoms with Crippen LogP contribution in [0.1, 0.15) is 24.5 Å². The molecular formula is C13H12ClNO3. The SMILES string of the molecule is CC1OC(c2cnc(-c3ccc(CCl)cc3)o2)O1. The quantitative estimate of drug-likeness (QED) is 0.797. The van der Waals surface area contributed by atoms with Crippen molar-refractivity contribution in [3.63, 3.8) is 0 Å². The Balaban J connectivity index is 1.79. The van der Waals surface area contributed by atoms with Gasteiger partial charge >= 0.3 is 0 Å². The molecule has 1 aliphatic heterocycles. The van der Waals surface area contributed by atoms with Gasteiger partial charge in [-0.15, -0.1) is 11.6 Å². The molecule has 4 nitrogen and oxygen atoms in total. The topological polar surface area (TPSA) is 44.5 Å². The third kappa shape index (κ3) is 2.14. The average Bonchev–Trinajstić information content (AvgIpc) is 2.84. The molecular weight excluding hydrogens is 254 g/mol. The van der Waals surface area contributed by atoms with E-state index >= 15 is 0 Å². The molecule has 1 aliphatic rings. The second kappa shape index (κ2) is 4.72. The second-order valence-corrected chi connectivity index (χ2v) is 4.34. The first-order chi connectivity index (χ1) is 8.76. The summed E-state index contributed by atoms with van der Waals surface area (Å²) in [4.78, 5) is 4.21. The molecule has 1 fully saturated rings. The molecule has 0 unspecified atom stereocenters. The highest BCUT2D eigenvalue weighted by molar-refractivity contribution is 6.17. The fourth-order valence-electron chi connectivity index (χ4n) is 1.76. The van der Waals surface area contributed by atoms with Crippen LogP contribution in [0.5, 0.6) is 0 Å². The maximum atomic E-state index is 5.74. The lowest BCUT2D eigenvalue weighted by Crippen LogP contribution is -2.31. The van der Waals surface area contributed by atoms with Gasteiger partial charge in [0.1, 0.15) is 0 Å². The van der Waals surface area contributed by atoms with Crippen molar-refractivity contribution in [2.45, 2.75) is 25.4 Å². The lowest BCUT2D eigenvalue weighted by Gasteiger charge is -2.31. The third-order valence-electron chi connectivity index (χ3n) is 2.74. The number of alkyl halides is 1. The Bertz CT molecular complexity index is 531. The monoisotopic (exact) mass is 265 g/mol. The number of aromatic nitrogens is 1. The van der Waals surface area contributed by atoms with E-state index in [-0.39, 0.29) is 6.29 Å². The van der Waals surface area contributed by atoms with Gasteiger partial charge in [0.25, 0.3) is 0 Å². The standard InChI is InChI=1S/C13H12ClNO3/c1-8-16-13(17-8)11-7-15-12(18-11)10-4-2-9(6-14)3-5-10/h2-5,7-8,13H,6H2,1H3. The molecule has 0 atom stereocenters. The minimum absolute atomic E-state index is 0.174. The highest BCUT2D eigenvalue weighted by Crippen LogP contribution is 2.33. The van der Waals surface area contributed by atoms with Crippen molar-refractivity contribution in [3.8, 4) is 11.5 Å². The molecule has 2 aromatic rings. The molecule has 2 heterocycles. The molecule has 1 aromatic carbocycles. The van der Waals surface area contributed by atoms with Crippen LogP contribution in [0, 0.1) is 0 Å². The molecule has 1 aromatic heterocycles. The van der Waals surface area contributed by atoms with Crippen LogP contribution in [0.15, 0.2) is 34.9 Å². The maximum Gasteiger partial charge on any atom is 0.226 e. The van der Waals surface area contributed by atoms with E-state index in [4.69, 9.17) is 25.5 Å². The summed E-state index contributed by atoms with van der Waals surface area (Å²) in [5, 5.41) is 0. The molecule has 0 spiro atoms. The first kappa shape index (κ1) is 11.7. The van der Waals surface area contributed by atoms with Gasteiger partial charge < -0.3 is 13.9 Å². The van der Waals surface area contributed by atoms with Gasteiger partial charge in [0.15, 0.2) is 12.1 Å². The third-order valence-corrected chi connectivity index (χ3v) is 3.05. The molecule has 1 saturated heterocycles. The molecule has 0 bridgehead atoms. The zero-order valence-corrected chi connectivity index (χ0v) is 10.6. The van der Waals surface area contributed by atoms with Gasteiger partial charge in [-0.25, -0.2) is 4.98 Å². The van der Waals surface area contributed by atoms with E-state index < -0.39 is 6.29 Å². The summed E-state index contributed by atoms with van der Waals surface area (Å²) in [6.45, 7) is 1.83. The largest absolute Gasteiger partial charge is 0.436 e. The van der Waals surface area contributed by atoms with Crippen LogP contribution in [0.4, 0.5) is 0 Å². The molecule has 0 radical (unpaired) electrons. The number of hydrogen-bond donors (Lipinski definition) is 0. The number of nitrogens with zero attached hydrogens (tertiary/aromatic N) is 1. The average molecular weight is 266 g/mol. The zero-order chi connectivity index (χ0) is 12.5. The van der Waals surface area contributed by atoms with E-state index in [1.54, 1.807) is 6.20 Å². The number of benzene rings is 1. The Morgan fingerprint density at radius 2 is 1.94 bits per heavy atom. The number of ether oxygens (including phenoxy) is 2. The molecule has 18 heavy (non-hydrogen) atoms. The fourth-order valence-corrected chi connectivity index (χ4v) is 1.94. The summed E-state index contributed by atoms with van der Waals surface area (Å²) < 4.78 is 16.3. The Hall–Kier alpha value is -1.36. The summed E-state index contributed by atoms with van der Waals surface area (Å²) in [5.41, 5.74) is 1.97. The predicted octanol–water partition coefficient (Wildman–Crippen LogP) is 3.47. The van der Waals surface area contributed by atoms with Gasteiger partial charge in [0, 0.05) is 11.4 Å². The summed E-state index contributed by atoms with van der Waals surface area (Å²) in [7, 11) is 0. The first-order valence-corrected chi connectivity index (χ1v) is 6.21. The zero-order valence-electron chi connectivity index (χ0n) is 9.80. The lowest BCUT2D eigenvalue weighted by molar-refractivity contribution is -0.387. The Morgan fingerprint density at radius 1 is 1.22 bits per heavy atom. The van der Waals surface area contributed by atoms with E-state index in [0.29, 0.717) is 17.5 Å². The van der Waals surface area contributed by atoms with Crippen molar-refractivity contribution in [2.75, 3.05) is 0 Å². The number of oxazole rings is 1. The van der Waals surface area contributed by atoms with E-state index in [2.05, 4.69) is 4.98 Å².